The van der Waals surface area contributed by atoms with Crippen LogP contribution in [0.4, 0.5) is 5.69 Å². The van der Waals surface area contributed by atoms with Crippen molar-refractivity contribution < 1.29 is 23.8 Å². The SMILES string of the molecule is COc1cc(NC(=O)C(=O)N2CCC(C)CC2)cc(OC)c1OC. The summed E-state index contributed by atoms with van der Waals surface area (Å²) in [5.74, 6) is 0.647. The topological polar surface area (TPSA) is 77.1 Å². The molecule has 1 aromatic rings. The van der Waals surface area contributed by atoms with Gasteiger partial charge in [-0.25, -0.2) is 0 Å². The van der Waals surface area contributed by atoms with E-state index in [1.165, 1.54) is 21.3 Å². The number of likely N-dealkylation sites (tertiary alicyclic amines) is 1. The van der Waals surface area contributed by atoms with Gasteiger partial charge in [-0.15, -0.1) is 0 Å². The quantitative estimate of drug-likeness (QED) is 0.850. The lowest BCUT2D eigenvalue weighted by Gasteiger charge is -2.29. The van der Waals surface area contributed by atoms with Crippen LogP contribution in [-0.2, 0) is 9.59 Å². The van der Waals surface area contributed by atoms with Crippen molar-refractivity contribution in [3.8, 4) is 17.2 Å². The van der Waals surface area contributed by atoms with Crippen LogP contribution in [-0.4, -0.2) is 51.1 Å². The second kappa shape index (κ2) is 7.90. The van der Waals surface area contributed by atoms with Crippen LogP contribution in [0.3, 0.4) is 0 Å². The van der Waals surface area contributed by atoms with E-state index in [-0.39, 0.29) is 0 Å². The smallest absolute Gasteiger partial charge is 0.313 e. The van der Waals surface area contributed by atoms with Crippen LogP contribution in [0.2, 0.25) is 0 Å². The summed E-state index contributed by atoms with van der Waals surface area (Å²) in [7, 11) is 4.48. The Hall–Kier alpha value is -2.44. The number of rotatable bonds is 4. The zero-order valence-electron chi connectivity index (χ0n) is 14.5. The van der Waals surface area contributed by atoms with Crippen LogP contribution in [0.5, 0.6) is 17.2 Å². The summed E-state index contributed by atoms with van der Waals surface area (Å²) in [5.41, 5.74) is 0.410. The molecule has 24 heavy (non-hydrogen) atoms. The van der Waals surface area contributed by atoms with Crippen molar-refractivity contribution in [2.24, 2.45) is 5.92 Å². The van der Waals surface area contributed by atoms with E-state index in [4.69, 9.17) is 14.2 Å². The van der Waals surface area contributed by atoms with Gasteiger partial charge in [-0.05, 0) is 18.8 Å². The molecule has 0 atom stereocenters. The summed E-state index contributed by atoms with van der Waals surface area (Å²) in [5, 5.41) is 2.61. The van der Waals surface area contributed by atoms with Crippen molar-refractivity contribution in [2.75, 3.05) is 39.7 Å². The van der Waals surface area contributed by atoms with Crippen molar-refractivity contribution in [3.63, 3.8) is 0 Å². The predicted molar refractivity (Wildman–Crippen MR) is 89.7 cm³/mol. The van der Waals surface area contributed by atoms with Gasteiger partial charge in [0.2, 0.25) is 5.75 Å². The standard InChI is InChI=1S/C17H24N2O5/c1-11-5-7-19(8-6-11)17(21)16(20)18-12-9-13(22-2)15(24-4)14(10-12)23-3/h9-11H,5-8H2,1-4H3,(H,18,20). The van der Waals surface area contributed by atoms with E-state index in [1.807, 2.05) is 0 Å². The molecular formula is C17H24N2O5. The number of anilines is 1. The highest BCUT2D eigenvalue weighted by Gasteiger charge is 2.26. The number of nitrogens with one attached hydrogen (secondary N) is 1. The average Bonchev–Trinajstić information content (AvgIpc) is 2.60. The third-order valence-corrected chi connectivity index (χ3v) is 4.19. The maximum Gasteiger partial charge on any atom is 0.313 e. The molecule has 0 aliphatic carbocycles. The first-order valence-electron chi connectivity index (χ1n) is 7.90. The molecule has 1 N–H and O–H groups in total. The largest absolute Gasteiger partial charge is 0.493 e. The Balaban J connectivity index is 2.12. The van der Waals surface area contributed by atoms with Gasteiger partial charge in [0.05, 0.1) is 21.3 Å². The molecule has 1 aliphatic heterocycles. The molecule has 0 saturated carbocycles. The number of nitrogens with zero attached hydrogens (tertiary/aromatic N) is 1. The number of amides is 2. The molecule has 1 saturated heterocycles. The highest BCUT2D eigenvalue weighted by molar-refractivity contribution is 6.39. The van der Waals surface area contributed by atoms with E-state index in [1.54, 1.807) is 17.0 Å². The molecule has 1 heterocycles. The molecule has 1 fully saturated rings. The first kappa shape index (κ1) is 17.9. The summed E-state index contributed by atoms with van der Waals surface area (Å²) in [6, 6.07) is 3.18. The normalized spacial score (nSPS) is 14.9. The van der Waals surface area contributed by atoms with Crippen LogP contribution in [0.15, 0.2) is 12.1 Å². The fourth-order valence-electron chi connectivity index (χ4n) is 2.69. The molecule has 0 aromatic heterocycles. The molecular weight excluding hydrogens is 312 g/mol. The molecule has 0 spiro atoms. The average molecular weight is 336 g/mol. The Morgan fingerprint density at radius 1 is 1.04 bits per heavy atom. The summed E-state index contributed by atoms with van der Waals surface area (Å²) < 4.78 is 15.7. The summed E-state index contributed by atoms with van der Waals surface area (Å²) >= 11 is 0. The fourth-order valence-corrected chi connectivity index (χ4v) is 2.69. The number of hydrogen-bond donors (Lipinski definition) is 1. The molecule has 132 valence electrons. The predicted octanol–water partition coefficient (Wildman–Crippen LogP) is 1.91. The molecule has 7 nitrogen and oxygen atoms in total. The van der Waals surface area contributed by atoms with Gasteiger partial charge in [0.25, 0.3) is 0 Å². The van der Waals surface area contributed by atoms with Gasteiger partial charge in [0.15, 0.2) is 11.5 Å². The highest BCUT2D eigenvalue weighted by Crippen LogP contribution is 2.39. The van der Waals surface area contributed by atoms with Gasteiger partial charge in [0.1, 0.15) is 0 Å². The second-order valence-corrected chi connectivity index (χ2v) is 5.84. The van der Waals surface area contributed by atoms with E-state index in [0.717, 1.165) is 12.8 Å². The first-order chi connectivity index (χ1) is 11.5. The number of methoxy groups -OCH3 is 3. The minimum Gasteiger partial charge on any atom is -0.493 e. The number of carbonyl (C=O) groups is 2. The lowest BCUT2D eigenvalue weighted by molar-refractivity contribution is -0.144. The zero-order chi connectivity index (χ0) is 17.7. The van der Waals surface area contributed by atoms with Gasteiger partial charge < -0.3 is 24.4 Å². The molecule has 2 amide bonds. The van der Waals surface area contributed by atoms with Crippen LogP contribution < -0.4 is 19.5 Å². The molecule has 0 radical (unpaired) electrons. The van der Waals surface area contributed by atoms with Crippen LogP contribution in [0.1, 0.15) is 19.8 Å². The zero-order valence-corrected chi connectivity index (χ0v) is 14.5. The molecule has 0 bridgehead atoms. The van der Waals surface area contributed by atoms with Crippen molar-refractivity contribution in [1.29, 1.82) is 0 Å². The van der Waals surface area contributed by atoms with Crippen molar-refractivity contribution in [1.82, 2.24) is 4.90 Å². The Bertz CT molecular complexity index is 584. The third kappa shape index (κ3) is 3.90. The van der Waals surface area contributed by atoms with Crippen LogP contribution in [0, 0.1) is 5.92 Å². The van der Waals surface area contributed by atoms with Gasteiger partial charge in [-0.2, -0.15) is 0 Å². The lowest BCUT2D eigenvalue weighted by Crippen LogP contribution is -2.43. The van der Waals surface area contributed by atoms with E-state index in [9.17, 15) is 9.59 Å². The van der Waals surface area contributed by atoms with E-state index in [2.05, 4.69) is 12.2 Å². The third-order valence-electron chi connectivity index (χ3n) is 4.19. The summed E-state index contributed by atoms with van der Waals surface area (Å²) in [6.07, 6.45) is 1.84. The van der Waals surface area contributed by atoms with E-state index < -0.39 is 11.8 Å². The van der Waals surface area contributed by atoms with Crippen LogP contribution in [0.25, 0.3) is 0 Å². The summed E-state index contributed by atoms with van der Waals surface area (Å²) in [6.45, 7) is 3.38. The first-order valence-corrected chi connectivity index (χ1v) is 7.90. The Morgan fingerprint density at radius 2 is 1.58 bits per heavy atom. The Morgan fingerprint density at radius 3 is 2.04 bits per heavy atom. The number of ether oxygens (including phenoxy) is 3. The van der Waals surface area contributed by atoms with Gasteiger partial charge in [-0.1, -0.05) is 6.92 Å². The minimum absolute atomic E-state index is 0.409. The molecule has 1 aromatic carbocycles. The van der Waals surface area contributed by atoms with E-state index >= 15 is 0 Å². The number of hydrogen-bond acceptors (Lipinski definition) is 5. The molecule has 0 unspecified atom stereocenters. The van der Waals surface area contributed by atoms with Crippen LogP contribution >= 0.6 is 0 Å². The Labute approximate surface area is 141 Å². The van der Waals surface area contributed by atoms with Crippen molar-refractivity contribution in [3.05, 3.63) is 12.1 Å². The van der Waals surface area contributed by atoms with Crippen molar-refractivity contribution in [2.45, 2.75) is 19.8 Å². The minimum atomic E-state index is -0.668. The maximum absolute atomic E-state index is 12.3. The number of carbonyl (C=O) groups excluding carboxylic acids is 2. The number of benzene rings is 1. The van der Waals surface area contributed by atoms with Gasteiger partial charge in [0, 0.05) is 30.9 Å². The fraction of sp³-hybridized carbons (Fsp3) is 0.529. The molecule has 2 rings (SSSR count). The lowest BCUT2D eigenvalue weighted by atomic mass is 9.99. The monoisotopic (exact) mass is 336 g/mol. The second-order valence-electron chi connectivity index (χ2n) is 5.84. The molecule has 7 heteroatoms. The highest BCUT2D eigenvalue weighted by atomic mass is 16.5. The van der Waals surface area contributed by atoms with E-state index in [0.29, 0.717) is 41.9 Å². The van der Waals surface area contributed by atoms with Gasteiger partial charge >= 0.3 is 11.8 Å². The maximum atomic E-state index is 12.3. The van der Waals surface area contributed by atoms with Crippen molar-refractivity contribution >= 4 is 17.5 Å². The molecule has 1 aliphatic rings. The Kier molecular flexibility index (Phi) is 5.89. The number of piperidine rings is 1. The summed E-state index contributed by atoms with van der Waals surface area (Å²) in [4.78, 5) is 26.1. The van der Waals surface area contributed by atoms with Gasteiger partial charge in [-0.3, -0.25) is 9.59 Å².